The summed E-state index contributed by atoms with van der Waals surface area (Å²) in [5.41, 5.74) is -0.897. The average Bonchev–Trinajstić information content (AvgIpc) is 3.07. The number of ether oxygens (including phenoxy) is 1. The zero-order valence-corrected chi connectivity index (χ0v) is 11.8. The Morgan fingerprint density at radius 1 is 1.17 bits per heavy atom. The Bertz CT molecular complexity index is 646. The summed E-state index contributed by atoms with van der Waals surface area (Å²) in [5.74, 6) is -3.59. The maximum atomic E-state index is 12.7. The highest BCUT2D eigenvalue weighted by Crippen LogP contribution is 2.44. The monoisotopic (exact) mass is 329 g/mol. The Hall–Kier alpha value is -2.09. The predicted octanol–water partition coefficient (Wildman–Crippen LogP) is 2.52. The van der Waals surface area contributed by atoms with E-state index in [9.17, 15) is 27.9 Å². The fraction of sp³-hybridized carbons (Fsp3) is 0.467. The molecule has 1 aromatic carbocycles. The topological polar surface area (TPSA) is 75.6 Å². The van der Waals surface area contributed by atoms with E-state index in [4.69, 9.17) is 4.74 Å². The second-order valence-electron chi connectivity index (χ2n) is 5.75. The molecule has 0 aromatic heterocycles. The molecule has 0 spiro atoms. The number of alkyl halides is 3. The number of fused-ring (bicyclic) bond motifs is 2. The summed E-state index contributed by atoms with van der Waals surface area (Å²) in [6.07, 6.45) is -4.36. The third-order valence-electron chi connectivity index (χ3n) is 4.32. The molecule has 124 valence electrons. The van der Waals surface area contributed by atoms with Crippen molar-refractivity contribution in [3.8, 4) is 0 Å². The Labute approximate surface area is 129 Å². The maximum absolute atomic E-state index is 12.7. The lowest BCUT2D eigenvalue weighted by molar-refractivity contribution is -0.147. The van der Waals surface area contributed by atoms with Crippen molar-refractivity contribution in [3.63, 3.8) is 0 Å². The van der Waals surface area contributed by atoms with Gasteiger partial charge in [0.05, 0.1) is 29.6 Å². The van der Waals surface area contributed by atoms with Gasteiger partial charge in [-0.25, -0.2) is 0 Å². The molecule has 0 saturated carbocycles. The number of hydrogen-bond acceptors (Lipinski definition) is 3. The van der Waals surface area contributed by atoms with Crippen molar-refractivity contribution in [1.82, 2.24) is 0 Å². The van der Waals surface area contributed by atoms with Crippen LogP contribution in [0.3, 0.4) is 0 Å². The first-order chi connectivity index (χ1) is 10.8. The van der Waals surface area contributed by atoms with Gasteiger partial charge in [0, 0.05) is 5.69 Å². The fourth-order valence-electron chi connectivity index (χ4n) is 3.32. The zero-order chi connectivity index (χ0) is 16.8. The van der Waals surface area contributed by atoms with Crippen LogP contribution in [0, 0.1) is 11.8 Å². The number of carbonyl (C=O) groups is 2. The van der Waals surface area contributed by atoms with Gasteiger partial charge in [-0.2, -0.15) is 13.2 Å². The number of aliphatic carboxylic acids is 1. The van der Waals surface area contributed by atoms with E-state index >= 15 is 0 Å². The van der Waals surface area contributed by atoms with Crippen LogP contribution in [0.4, 0.5) is 18.9 Å². The van der Waals surface area contributed by atoms with Crippen molar-refractivity contribution in [1.29, 1.82) is 0 Å². The fourth-order valence-corrected chi connectivity index (χ4v) is 3.32. The van der Waals surface area contributed by atoms with E-state index in [1.165, 1.54) is 12.1 Å². The Morgan fingerprint density at radius 2 is 1.83 bits per heavy atom. The smallest absolute Gasteiger partial charge is 0.416 e. The minimum Gasteiger partial charge on any atom is -0.481 e. The summed E-state index contributed by atoms with van der Waals surface area (Å²) in [7, 11) is 0. The van der Waals surface area contributed by atoms with Crippen LogP contribution >= 0.6 is 0 Å². The molecule has 2 bridgehead atoms. The van der Waals surface area contributed by atoms with Crippen molar-refractivity contribution in [2.45, 2.75) is 31.2 Å². The standard InChI is InChI=1S/C15H14F3NO4/c16-15(17,18)7-2-1-3-8(6-7)19-13(20)11-9-4-5-10(23-9)12(11)14(21)22/h1-3,6,9-12H,4-5H2,(H,19,20)(H,21,22)/t9-,10-,11-,12-/m0/s1. The number of nitrogens with one attached hydrogen (secondary N) is 1. The second-order valence-corrected chi connectivity index (χ2v) is 5.75. The SMILES string of the molecule is O=C(O)[C@@H]1[C@@H](C(=O)Nc2cccc(C(F)(F)F)c2)[C@@H]2CC[C@@H]1O2. The highest BCUT2D eigenvalue weighted by molar-refractivity contribution is 5.96. The molecule has 2 N–H and O–H groups in total. The minimum absolute atomic E-state index is 0.0169. The molecule has 2 heterocycles. The summed E-state index contributed by atoms with van der Waals surface area (Å²) in [4.78, 5) is 23.7. The molecular weight excluding hydrogens is 315 g/mol. The van der Waals surface area contributed by atoms with Gasteiger partial charge >= 0.3 is 12.1 Å². The molecule has 1 amide bonds. The van der Waals surface area contributed by atoms with Crippen LogP contribution in [-0.4, -0.2) is 29.2 Å². The molecule has 4 atom stereocenters. The highest BCUT2D eigenvalue weighted by atomic mass is 19.4. The third kappa shape index (κ3) is 2.90. The molecule has 0 aliphatic carbocycles. The lowest BCUT2D eigenvalue weighted by Gasteiger charge is -2.24. The molecule has 0 unspecified atom stereocenters. The average molecular weight is 329 g/mol. The van der Waals surface area contributed by atoms with Crippen LogP contribution in [0.1, 0.15) is 18.4 Å². The number of benzene rings is 1. The van der Waals surface area contributed by atoms with Crippen LogP contribution in [0.15, 0.2) is 24.3 Å². The van der Waals surface area contributed by atoms with Crippen molar-refractivity contribution in [2.75, 3.05) is 5.32 Å². The Kier molecular flexibility index (Phi) is 3.79. The molecule has 23 heavy (non-hydrogen) atoms. The van der Waals surface area contributed by atoms with Gasteiger partial charge in [-0.05, 0) is 31.0 Å². The van der Waals surface area contributed by atoms with Crippen LogP contribution in [0.25, 0.3) is 0 Å². The van der Waals surface area contributed by atoms with Gasteiger partial charge in [0.15, 0.2) is 0 Å². The number of amides is 1. The van der Waals surface area contributed by atoms with E-state index in [0.717, 1.165) is 12.1 Å². The van der Waals surface area contributed by atoms with E-state index < -0.39 is 47.7 Å². The Morgan fingerprint density at radius 3 is 2.43 bits per heavy atom. The van der Waals surface area contributed by atoms with Crippen LogP contribution in [-0.2, 0) is 20.5 Å². The number of carbonyl (C=O) groups excluding carboxylic acids is 1. The van der Waals surface area contributed by atoms with Crippen LogP contribution in [0.5, 0.6) is 0 Å². The molecule has 2 aliphatic rings. The van der Waals surface area contributed by atoms with Crippen molar-refractivity contribution < 1.29 is 32.6 Å². The van der Waals surface area contributed by atoms with Gasteiger partial charge in [-0.1, -0.05) is 6.07 Å². The molecule has 2 aliphatic heterocycles. The highest BCUT2D eigenvalue weighted by Gasteiger charge is 2.55. The van der Waals surface area contributed by atoms with E-state index in [2.05, 4.69) is 5.32 Å². The summed E-state index contributed by atoms with van der Waals surface area (Å²) in [5, 5.41) is 11.6. The molecular formula is C15H14F3NO4. The maximum Gasteiger partial charge on any atom is 0.416 e. The normalized spacial score (nSPS) is 29.5. The third-order valence-corrected chi connectivity index (χ3v) is 4.32. The van der Waals surface area contributed by atoms with Crippen LogP contribution < -0.4 is 5.32 Å². The first-order valence-corrected chi connectivity index (χ1v) is 7.14. The van der Waals surface area contributed by atoms with Gasteiger partial charge < -0.3 is 15.2 Å². The molecule has 2 saturated heterocycles. The molecule has 0 radical (unpaired) electrons. The molecule has 2 fully saturated rings. The second kappa shape index (κ2) is 5.52. The first-order valence-electron chi connectivity index (χ1n) is 7.14. The Balaban J connectivity index is 1.78. The van der Waals surface area contributed by atoms with E-state index in [-0.39, 0.29) is 5.69 Å². The lowest BCUT2D eigenvalue weighted by Crippen LogP contribution is -2.40. The van der Waals surface area contributed by atoms with Crippen molar-refractivity contribution in [2.24, 2.45) is 11.8 Å². The molecule has 8 heteroatoms. The molecule has 5 nitrogen and oxygen atoms in total. The minimum atomic E-state index is -4.51. The number of rotatable bonds is 3. The van der Waals surface area contributed by atoms with Gasteiger partial charge in [-0.15, -0.1) is 0 Å². The summed E-state index contributed by atoms with van der Waals surface area (Å²) in [6, 6.07) is 4.24. The molecule has 1 aromatic rings. The number of carboxylic acid groups (broad SMARTS) is 1. The largest absolute Gasteiger partial charge is 0.481 e. The summed E-state index contributed by atoms with van der Waals surface area (Å²) < 4.78 is 43.5. The molecule has 3 rings (SSSR count). The predicted molar refractivity (Wildman–Crippen MR) is 72.6 cm³/mol. The van der Waals surface area contributed by atoms with Gasteiger partial charge in [0.25, 0.3) is 0 Å². The number of hydrogen-bond donors (Lipinski definition) is 2. The zero-order valence-electron chi connectivity index (χ0n) is 11.8. The first kappa shape index (κ1) is 15.8. The summed E-state index contributed by atoms with van der Waals surface area (Å²) >= 11 is 0. The van der Waals surface area contributed by atoms with E-state index in [0.29, 0.717) is 12.8 Å². The lowest BCUT2D eigenvalue weighted by atomic mass is 9.78. The van der Waals surface area contributed by atoms with Crippen molar-refractivity contribution >= 4 is 17.6 Å². The van der Waals surface area contributed by atoms with Crippen molar-refractivity contribution in [3.05, 3.63) is 29.8 Å². The van der Waals surface area contributed by atoms with Gasteiger partial charge in [0.1, 0.15) is 0 Å². The number of anilines is 1. The van der Waals surface area contributed by atoms with Crippen LogP contribution in [0.2, 0.25) is 0 Å². The van der Waals surface area contributed by atoms with Gasteiger partial charge in [-0.3, -0.25) is 9.59 Å². The van der Waals surface area contributed by atoms with E-state index in [1.807, 2.05) is 0 Å². The van der Waals surface area contributed by atoms with Gasteiger partial charge in [0.2, 0.25) is 5.91 Å². The summed E-state index contributed by atoms with van der Waals surface area (Å²) in [6.45, 7) is 0. The number of halogens is 3. The van der Waals surface area contributed by atoms with E-state index in [1.54, 1.807) is 0 Å². The quantitative estimate of drug-likeness (QED) is 0.893. The number of carboxylic acids is 1.